The fourth-order valence-corrected chi connectivity index (χ4v) is 3.98. The lowest BCUT2D eigenvalue weighted by Crippen LogP contribution is -2.38. The van der Waals surface area contributed by atoms with Crippen LogP contribution in [0.5, 0.6) is 0 Å². The molecule has 4 rings (SSSR count). The first-order valence-corrected chi connectivity index (χ1v) is 10.2. The van der Waals surface area contributed by atoms with Crippen molar-refractivity contribution in [3.63, 3.8) is 0 Å². The number of hydrogen-bond donors (Lipinski definition) is 1. The van der Waals surface area contributed by atoms with Crippen LogP contribution in [0.2, 0.25) is 0 Å². The molecule has 1 aliphatic rings. The molecule has 8 nitrogen and oxygen atoms in total. The highest BCUT2D eigenvalue weighted by Crippen LogP contribution is 2.26. The first kappa shape index (κ1) is 19.4. The van der Waals surface area contributed by atoms with Gasteiger partial charge in [0.05, 0.1) is 5.69 Å². The van der Waals surface area contributed by atoms with Crippen molar-refractivity contribution >= 4 is 23.2 Å². The monoisotopic (exact) mass is 397 g/mol. The summed E-state index contributed by atoms with van der Waals surface area (Å²) in [6.07, 6.45) is 6.05. The highest BCUT2D eigenvalue weighted by Gasteiger charge is 2.25. The molecule has 1 amide bonds. The van der Waals surface area contributed by atoms with E-state index in [0.717, 1.165) is 55.8 Å². The van der Waals surface area contributed by atoms with E-state index >= 15 is 0 Å². The van der Waals surface area contributed by atoms with E-state index < -0.39 is 0 Å². The van der Waals surface area contributed by atoms with Crippen molar-refractivity contribution in [2.75, 3.05) is 24.5 Å². The largest absolute Gasteiger partial charge is 0.422 e. The number of pyridine rings is 1. The van der Waals surface area contributed by atoms with E-state index in [2.05, 4.69) is 25.3 Å². The Kier molecular flexibility index (Phi) is 5.78. The molecule has 154 valence electrons. The molecule has 3 aromatic rings. The Morgan fingerprint density at radius 2 is 2.28 bits per heavy atom. The maximum Gasteiger partial charge on any atom is 0.299 e. The smallest absolute Gasteiger partial charge is 0.299 e. The zero-order valence-electron chi connectivity index (χ0n) is 17.0. The van der Waals surface area contributed by atoms with Crippen molar-refractivity contribution in [2.24, 2.45) is 5.92 Å². The summed E-state index contributed by atoms with van der Waals surface area (Å²) in [4.78, 5) is 23.2. The second-order valence-electron chi connectivity index (χ2n) is 7.74. The number of amides is 1. The van der Waals surface area contributed by atoms with Gasteiger partial charge in [0.2, 0.25) is 11.6 Å². The van der Waals surface area contributed by atoms with Crippen molar-refractivity contribution in [3.05, 3.63) is 35.3 Å². The predicted molar refractivity (Wildman–Crippen MR) is 109 cm³/mol. The highest BCUT2D eigenvalue weighted by molar-refractivity contribution is 5.76. The zero-order valence-corrected chi connectivity index (χ0v) is 17.0. The average molecular weight is 397 g/mol. The van der Waals surface area contributed by atoms with Crippen molar-refractivity contribution in [1.82, 2.24) is 20.4 Å². The molecule has 3 aromatic heterocycles. The van der Waals surface area contributed by atoms with Crippen LogP contribution in [0.1, 0.15) is 42.7 Å². The van der Waals surface area contributed by atoms with Gasteiger partial charge in [0.1, 0.15) is 5.76 Å². The summed E-state index contributed by atoms with van der Waals surface area (Å²) in [5.74, 6) is 1.27. The lowest BCUT2D eigenvalue weighted by atomic mass is 9.94. The number of aryl methyl sites for hydroxylation is 2. The number of hydrogen-bond acceptors (Lipinski definition) is 7. The van der Waals surface area contributed by atoms with Gasteiger partial charge in [-0.3, -0.25) is 4.79 Å². The minimum absolute atomic E-state index is 0.106. The molecule has 0 aliphatic carbocycles. The summed E-state index contributed by atoms with van der Waals surface area (Å²) >= 11 is 0. The third-order valence-corrected chi connectivity index (χ3v) is 5.52. The molecule has 0 bridgehead atoms. The minimum atomic E-state index is 0.106. The van der Waals surface area contributed by atoms with Gasteiger partial charge in [-0.1, -0.05) is 5.16 Å². The second-order valence-corrected chi connectivity index (χ2v) is 7.74. The van der Waals surface area contributed by atoms with Gasteiger partial charge < -0.3 is 19.2 Å². The first-order valence-electron chi connectivity index (χ1n) is 10.2. The van der Waals surface area contributed by atoms with E-state index in [-0.39, 0.29) is 5.91 Å². The number of carbonyl (C=O) groups excluding carboxylic acids is 1. The number of aromatic nitrogens is 3. The Labute approximate surface area is 169 Å². The number of anilines is 1. The van der Waals surface area contributed by atoms with Crippen LogP contribution in [0.3, 0.4) is 0 Å². The number of rotatable bonds is 7. The number of nitrogens with zero attached hydrogens (tertiary/aromatic N) is 4. The van der Waals surface area contributed by atoms with Gasteiger partial charge in [-0.05, 0) is 57.6 Å². The summed E-state index contributed by atoms with van der Waals surface area (Å²) in [6, 6.07) is 4.31. The molecule has 0 aromatic carbocycles. The molecular formula is C21H27N5O3. The maximum atomic E-state index is 12.4. The van der Waals surface area contributed by atoms with E-state index in [9.17, 15) is 4.79 Å². The molecule has 4 heterocycles. The fraction of sp³-hybridized carbons (Fsp3) is 0.524. The zero-order chi connectivity index (χ0) is 20.2. The van der Waals surface area contributed by atoms with Crippen molar-refractivity contribution < 1.29 is 13.7 Å². The third kappa shape index (κ3) is 4.58. The molecule has 0 spiro atoms. The van der Waals surface area contributed by atoms with Gasteiger partial charge in [0, 0.05) is 37.8 Å². The van der Waals surface area contributed by atoms with Gasteiger partial charge in [0.25, 0.3) is 6.01 Å². The molecule has 1 aliphatic heterocycles. The minimum Gasteiger partial charge on any atom is -0.422 e. The van der Waals surface area contributed by atoms with Crippen LogP contribution in [0.25, 0.3) is 11.2 Å². The van der Waals surface area contributed by atoms with E-state index in [1.54, 1.807) is 6.20 Å². The summed E-state index contributed by atoms with van der Waals surface area (Å²) in [7, 11) is 0. The summed E-state index contributed by atoms with van der Waals surface area (Å²) in [5.41, 5.74) is 3.40. The van der Waals surface area contributed by atoms with E-state index in [1.807, 2.05) is 26.0 Å². The Morgan fingerprint density at radius 3 is 3.07 bits per heavy atom. The quantitative estimate of drug-likeness (QED) is 0.612. The number of piperidine rings is 1. The van der Waals surface area contributed by atoms with E-state index in [4.69, 9.17) is 8.94 Å². The molecule has 1 saturated heterocycles. The maximum absolute atomic E-state index is 12.4. The Hall–Kier alpha value is -2.90. The Bertz CT molecular complexity index is 927. The normalized spacial score (nSPS) is 17.0. The lowest BCUT2D eigenvalue weighted by Gasteiger charge is -2.31. The van der Waals surface area contributed by atoms with E-state index in [1.165, 1.54) is 0 Å². The van der Waals surface area contributed by atoms with Crippen LogP contribution < -0.4 is 10.2 Å². The molecule has 0 saturated carbocycles. The predicted octanol–water partition coefficient (Wildman–Crippen LogP) is 3.18. The number of oxazole rings is 1. The standard InChI is InChI=1S/C21H27N5O3/c1-14-17(15(2)29-25-14)7-3-9-22-19(27)12-16-6-5-11-26(13-16)21-24-20-18(28-21)8-4-10-23-20/h4,8,10,16H,3,5-7,9,11-13H2,1-2H3,(H,22,27). The molecule has 1 fully saturated rings. The average Bonchev–Trinajstić information content (AvgIpc) is 3.29. The van der Waals surface area contributed by atoms with Gasteiger partial charge in [-0.15, -0.1) is 0 Å². The summed E-state index contributed by atoms with van der Waals surface area (Å²) in [5, 5.41) is 7.02. The number of nitrogens with one attached hydrogen (secondary N) is 1. The van der Waals surface area contributed by atoms with Crippen molar-refractivity contribution in [3.8, 4) is 0 Å². The van der Waals surface area contributed by atoms with Crippen LogP contribution >= 0.6 is 0 Å². The van der Waals surface area contributed by atoms with Crippen LogP contribution in [0, 0.1) is 19.8 Å². The molecule has 8 heteroatoms. The molecule has 0 radical (unpaired) electrons. The summed E-state index contributed by atoms with van der Waals surface area (Å²) < 4.78 is 11.0. The van der Waals surface area contributed by atoms with Crippen LogP contribution in [-0.4, -0.2) is 40.7 Å². The van der Waals surface area contributed by atoms with Gasteiger partial charge in [-0.2, -0.15) is 4.98 Å². The topological polar surface area (TPSA) is 97.3 Å². The number of carbonyl (C=O) groups is 1. The molecule has 1 unspecified atom stereocenters. The highest BCUT2D eigenvalue weighted by atomic mass is 16.5. The second kappa shape index (κ2) is 8.63. The molecule has 1 atom stereocenters. The summed E-state index contributed by atoms with van der Waals surface area (Å²) in [6.45, 7) is 6.21. The van der Waals surface area contributed by atoms with Crippen LogP contribution in [-0.2, 0) is 11.2 Å². The van der Waals surface area contributed by atoms with Crippen molar-refractivity contribution in [1.29, 1.82) is 0 Å². The van der Waals surface area contributed by atoms with Gasteiger partial charge in [0.15, 0.2) is 5.58 Å². The molecule has 29 heavy (non-hydrogen) atoms. The SMILES string of the molecule is Cc1noc(C)c1CCCNC(=O)CC1CCCN(c2nc3ncccc3o2)C1. The van der Waals surface area contributed by atoms with Gasteiger partial charge in [-0.25, -0.2) is 4.98 Å². The van der Waals surface area contributed by atoms with E-state index in [0.29, 0.717) is 36.1 Å². The fourth-order valence-electron chi connectivity index (χ4n) is 3.98. The first-order chi connectivity index (χ1) is 14.1. The van der Waals surface area contributed by atoms with Crippen LogP contribution in [0.4, 0.5) is 6.01 Å². The van der Waals surface area contributed by atoms with Crippen LogP contribution in [0.15, 0.2) is 27.3 Å². The third-order valence-electron chi connectivity index (χ3n) is 5.52. The Balaban J connectivity index is 1.24. The van der Waals surface area contributed by atoms with Gasteiger partial charge >= 0.3 is 0 Å². The number of fused-ring (bicyclic) bond motifs is 1. The Morgan fingerprint density at radius 1 is 1.38 bits per heavy atom. The van der Waals surface area contributed by atoms with Crippen molar-refractivity contribution in [2.45, 2.75) is 46.0 Å². The molecular weight excluding hydrogens is 370 g/mol. The lowest BCUT2D eigenvalue weighted by molar-refractivity contribution is -0.122. The molecule has 1 N–H and O–H groups in total.